The van der Waals surface area contributed by atoms with Gasteiger partial charge in [0.2, 0.25) is 0 Å². The smallest absolute Gasteiger partial charge is 0.311 e. The van der Waals surface area contributed by atoms with Gasteiger partial charge in [-0.1, -0.05) is 281 Å². The standard InChI is InChI=1S/C21H29O4P.C19H31O4P.2C18H29O4P.2C17H27O4P/c1-15(2)24-20(22)16(3)14-26(23,21(4,5)6)25-19-13-9-11-17-10-7-8-12-18(17)19;1-15(13-22-17(20)18(2,3)4)14-24(21,19(5,6)7)23-16-11-9-8-10-12-16;2*1-13(2)21-17(19)15(4)12-23(20,18(5,6)7)22-16-10-8-9-14(3)11-16;2*1-13(2)20-16(18)14(3)12-22(19,17(4,5)6)21-15-10-8-7-9-11-15/h7-13,15-16H,14H2,1-6H3;8-12,15H,13-14H2,1-7H3;2*8-11,13,15H,12H2,1-7H3;2*7-11,13-14H,12H2,1-6H3/t16-,26-;15-,24?;15-,23?;15-,23+;14-,22?;14-,22+/m101101/s1. The van der Waals surface area contributed by atoms with Crippen LogP contribution < -0.4 is 27.1 Å². The molecule has 0 aliphatic rings. The van der Waals surface area contributed by atoms with E-state index in [9.17, 15) is 56.2 Å². The number of carbonyl (C=O) groups is 6. The molecular formula is C110H172O24P6. The molecule has 7 rings (SSSR count). The van der Waals surface area contributed by atoms with Gasteiger partial charge in [-0.15, -0.1) is 0 Å². The molecule has 0 bridgehead atoms. The number of carbonyl (C=O) groups excluding carboxylic acids is 6. The third-order valence-corrected chi connectivity index (χ3v) is 43.1. The van der Waals surface area contributed by atoms with Crippen molar-refractivity contribution >= 4 is 90.8 Å². The Balaban J connectivity index is 0.000000569. The van der Waals surface area contributed by atoms with Gasteiger partial charge in [0, 0.05) is 79.2 Å². The molecule has 0 aromatic heterocycles. The molecule has 0 heterocycles. The zero-order chi connectivity index (χ0) is 108. The van der Waals surface area contributed by atoms with Crippen LogP contribution in [0.3, 0.4) is 0 Å². The van der Waals surface area contributed by atoms with E-state index in [4.69, 9.17) is 55.6 Å². The van der Waals surface area contributed by atoms with Crippen LogP contribution in [-0.4, -0.2) is 141 Å². The predicted octanol–water partition coefficient (Wildman–Crippen LogP) is 30.8. The van der Waals surface area contributed by atoms with E-state index in [2.05, 4.69) is 0 Å². The first-order valence-electron chi connectivity index (χ1n) is 48.6. The minimum absolute atomic E-state index is 0.0509. The number of aryl methyl sites for hydroxylation is 2. The molecule has 0 spiro atoms. The van der Waals surface area contributed by atoms with Crippen LogP contribution in [0.2, 0.25) is 0 Å². The summed E-state index contributed by atoms with van der Waals surface area (Å²) in [5.41, 5.74) is 1.54. The van der Waals surface area contributed by atoms with Crippen LogP contribution in [0.4, 0.5) is 0 Å². The molecule has 0 aliphatic heterocycles. The summed E-state index contributed by atoms with van der Waals surface area (Å²) in [7, 11) is -18.5. The van der Waals surface area contributed by atoms with Crippen molar-refractivity contribution in [3.05, 3.63) is 193 Å². The summed E-state index contributed by atoms with van der Waals surface area (Å²) in [4.78, 5) is 72.3. The number of rotatable bonds is 36. The SMILES string of the molecule is CC(C)OC(=O)[C@@H](C)CP(=O)(Oc1ccccc1)C(C)(C)C.CC(C)OC(=O)[C@H](C)C[P@@](=O)(Oc1cccc2ccccc12)C(C)(C)C.CC(C)OC(=O)[C@H](C)C[P@](=O)(Oc1ccccc1)C(C)(C)C.C[C@@H](COC(=O)C(C)(C)C)CP(=O)(Oc1ccccc1)C(C)(C)C.Cc1cccc(OP(=O)(C[C@@H](C)C(=O)OC(C)C)C(C)(C)C)c1.Cc1cccc(O[P@@](=O)(C[C@@H](C)C(=O)OC(C)C)C(C)(C)C)c1. The third-order valence-electron chi connectivity index (χ3n) is 21.6. The number of ether oxygens (including phenoxy) is 6. The Labute approximate surface area is 841 Å². The van der Waals surface area contributed by atoms with Crippen LogP contribution in [0, 0.1) is 54.8 Å². The van der Waals surface area contributed by atoms with E-state index in [1.165, 1.54) is 0 Å². The van der Waals surface area contributed by atoms with Gasteiger partial charge in [0.05, 0.1) is 72.1 Å². The summed E-state index contributed by atoms with van der Waals surface area (Å²) in [5.74, 6) is -0.928. The molecule has 0 N–H and O–H groups in total. The van der Waals surface area contributed by atoms with Crippen LogP contribution in [-0.2, 0) is 84.6 Å². The summed E-state index contributed by atoms with van der Waals surface area (Å²) >= 11 is 0. The molecule has 30 heteroatoms. The summed E-state index contributed by atoms with van der Waals surface area (Å²) in [6.45, 7) is 72.2. The number of esters is 6. The maximum atomic E-state index is 13.8. The molecular weight excluding hydrogens is 1890 g/mol. The number of benzene rings is 7. The van der Waals surface area contributed by atoms with Gasteiger partial charge in [-0.3, -0.25) is 56.2 Å². The number of fused-ring (bicyclic) bond motifs is 1. The fourth-order valence-electron chi connectivity index (χ4n) is 12.6. The van der Waals surface area contributed by atoms with E-state index in [1.807, 2.05) is 312 Å². The maximum absolute atomic E-state index is 13.8. The van der Waals surface area contributed by atoms with Crippen molar-refractivity contribution in [2.45, 2.75) is 331 Å². The van der Waals surface area contributed by atoms with Crippen LogP contribution in [0.15, 0.2) is 182 Å². The molecule has 12 atom stereocenters. The summed E-state index contributed by atoms with van der Waals surface area (Å²) in [6, 6.07) is 55.9. The highest BCUT2D eigenvalue weighted by molar-refractivity contribution is 7.62. The minimum atomic E-state index is -3.18. The average Bonchev–Trinajstić information content (AvgIpc) is 0.784. The highest BCUT2D eigenvalue weighted by Gasteiger charge is 2.48. The molecule has 0 saturated heterocycles. The van der Waals surface area contributed by atoms with Gasteiger partial charge < -0.3 is 55.6 Å². The summed E-state index contributed by atoms with van der Waals surface area (Å²) < 4.78 is 148. The van der Waals surface area contributed by atoms with E-state index in [-0.39, 0.29) is 110 Å². The molecule has 0 radical (unpaired) electrons. The molecule has 140 heavy (non-hydrogen) atoms. The van der Waals surface area contributed by atoms with Crippen LogP contribution in [0.1, 0.15) is 267 Å². The number of hydrogen-bond acceptors (Lipinski definition) is 24. The number of para-hydroxylation sites is 3. The molecule has 24 nitrogen and oxygen atoms in total. The largest absolute Gasteiger partial charge is 0.465 e. The number of hydrogen-bond donors (Lipinski definition) is 0. The molecule has 0 saturated carbocycles. The van der Waals surface area contributed by atoms with Crippen LogP contribution >= 0.6 is 44.2 Å². The van der Waals surface area contributed by atoms with Crippen molar-refractivity contribution in [3.8, 4) is 34.5 Å². The van der Waals surface area contributed by atoms with Crippen molar-refractivity contribution in [1.82, 2.24) is 0 Å². The quantitative estimate of drug-likeness (QED) is 0.0200. The lowest BCUT2D eigenvalue weighted by atomic mass is 9.97. The average molecular weight is 2060 g/mol. The van der Waals surface area contributed by atoms with Gasteiger partial charge >= 0.3 is 35.8 Å². The third kappa shape index (κ3) is 43.8. The molecule has 0 fully saturated rings. The van der Waals surface area contributed by atoms with Gasteiger partial charge in [0.15, 0.2) is 0 Å². The Morgan fingerprint density at radius 2 is 0.471 bits per heavy atom. The highest BCUT2D eigenvalue weighted by atomic mass is 31.2. The molecule has 786 valence electrons. The Hall–Kier alpha value is -8.20. The summed E-state index contributed by atoms with van der Waals surface area (Å²) in [6.07, 6.45) is 0.234. The fourth-order valence-corrected chi connectivity index (χ4v) is 26.0. The van der Waals surface area contributed by atoms with E-state index < -0.39 is 110 Å². The van der Waals surface area contributed by atoms with Crippen molar-refractivity contribution in [2.75, 3.05) is 43.6 Å². The highest BCUT2D eigenvalue weighted by Crippen LogP contribution is 2.65. The first kappa shape index (κ1) is 128. The van der Waals surface area contributed by atoms with Gasteiger partial charge in [0.25, 0.3) is 44.2 Å². The molecule has 7 aromatic rings. The van der Waals surface area contributed by atoms with Gasteiger partial charge in [-0.2, -0.15) is 0 Å². The summed E-state index contributed by atoms with van der Waals surface area (Å²) in [5, 5.41) is -1.41. The van der Waals surface area contributed by atoms with E-state index in [1.54, 1.807) is 140 Å². The topological polar surface area (TPSA) is 316 Å². The van der Waals surface area contributed by atoms with Gasteiger partial charge in [0.1, 0.15) is 34.5 Å². The Bertz CT molecular complexity index is 5120. The fraction of sp³-hybridized carbons (Fsp3) is 0.582. The van der Waals surface area contributed by atoms with Gasteiger partial charge in [-0.25, -0.2) is 0 Å². The lowest BCUT2D eigenvalue weighted by Crippen LogP contribution is -2.28. The normalized spacial score (nSPS) is 15.9. The maximum Gasteiger partial charge on any atom is 0.311 e. The lowest BCUT2D eigenvalue weighted by molar-refractivity contribution is -0.154. The lowest BCUT2D eigenvalue weighted by Gasteiger charge is -2.33. The predicted molar refractivity (Wildman–Crippen MR) is 574 cm³/mol. The van der Waals surface area contributed by atoms with Crippen LogP contribution in [0.5, 0.6) is 34.5 Å². The molecule has 0 amide bonds. The zero-order valence-electron chi connectivity index (χ0n) is 91.6. The van der Waals surface area contributed by atoms with Crippen molar-refractivity contribution in [2.24, 2.45) is 40.9 Å². The van der Waals surface area contributed by atoms with Gasteiger partial charge in [-0.05, 0) is 187 Å². The zero-order valence-corrected chi connectivity index (χ0v) is 97.0. The Morgan fingerprint density at radius 1 is 0.257 bits per heavy atom. The van der Waals surface area contributed by atoms with E-state index in [0.29, 0.717) is 40.7 Å². The molecule has 3 unspecified atom stereocenters. The van der Waals surface area contributed by atoms with Crippen molar-refractivity contribution < 1.29 is 112 Å². The monoisotopic (exact) mass is 2060 g/mol. The first-order valence-corrected chi connectivity index (χ1v) is 59.4. The van der Waals surface area contributed by atoms with Crippen molar-refractivity contribution in [1.29, 1.82) is 0 Å². The first-order chi connectivity index (χ1) is 63.9. The van der Waals surface area contributed by atoms with E-state index >= 15 is 0 Å². The minimum Gasteiger partial charge on any atom is -0.465 e. The Kier molecular flexibility index (Phi) is 50.4. The second-order valence-corrected chi connectivity index (χ2v) is 64.1. The van der Waals surface area contributed by atoms with Crippen LogP contribution in [0.25, 0.3) is 10.8 Å². The van der Waals surface area contributed by atoms with E-state index in [0.717, 1.165) is 21.9 Å². The second-order valence-electron chi connectivity index (χ2n) is 44.6. The second kappa shape index (κ2) is 55.2. The molecule has 0 aliphatic carbocycles. The van der Waals surface area contributed by atoms with Crippen molar-refractivity contribution in [3.63, 3.8) is 0 Å². The Morgan fingerprint density at radius 3 is 0.714 bits per heavy atom. The molecule has 7 aromatic carbocycles.